The molecule has 1 aromatic carbocycles. The van der Waals surface area contributed by atoms with Crippen LogP contribution in [0.5, 0.6) is 0 Å². The van der Waals surface area contributed by atoms with E-state index in [1.54, 1.807) is 37.0 Å². The van der Waals surface area contributed by atoms with Crippen molar-refractivity contribution in [2.45, 2.75) is 18.8 Å². The van der Waals surface area contributed by atoms with Crippen molar-refractivity contribution < 1.29 is 13.6 Å². The summed E-state index contributed by atoms with van der Waals surface area (Å²) in [5.41, 5.74) is 7.11. The number of amides is 1. The number of primary amides is 1. The number of nitrogens with two attached hydrogens (primary N) is 1. The Hall–Kier alpha value is -2.48. The van der Waals surface area contributed by atoms with E-state index in [1.807, 2.05) is 6.26 Å². The van der Waals surface area contributed by atoms with Crippen molar-refractivity contribution in [2.75, 3.05) is 13.3 Å². The van der Waals surface area contributed by atoms with Gasteiger partial charge < -0.3 is 20.8 Å². The van der Waals surface area contributed by atoms with Gasteiger partial charge in [0.15, 0.2) is 11.7 Å². The van der Waals surface area contributed by atoms with Crippen LogP contribution in [-0.4, -0.2) is 25.2 Å². The van der Waals surface area contributed by atoms with Crippen LogP contribution in [0.4, 0.5) is 4.39 Å². The Balaban J connectivity index is 1.93. The lowest BCUT2D eigenvalue weighted by Crippen LogP contribution is -2.36. The summed E-state index contributed by atoms with van der Waals surface area (Å²) in [5, 5.41) is 6.26. The van der Waals surface area contributed by atoms with E-state index in [4.69, 9.17) is 10.2 Å². The van der Waals surface area contributed by atoms with Gasteiger partial charge in [0.05, 0.1) is 6.54 Å². The predicted molar refractivity (Wildman–Crippen MR) is 97.9 cm³/mol. The summed E-state index contributed by atoms with van der Waals surface area (Å²) in [7, 11) is 1.65. The van der Waals surface area contributed by atoms with Gasteiger partial charge in [0.1, 0.15) is 11.6 Å². The first-order valence-corrected chi connectivity index (χ1v) is 9.02. The van der Waals surface area contributed by atoms with Crippen LogP contribution >= 0.6 is 11.8 Å². The number of guanidine groups is 1. The lowest BCUT2D eigenvalue weighted by molar-refractivity contribution is 0.0972. The van der Waals surface area contributed by atoms with Crippen molar-refractivity contribution in [2.24, 2.45) is 10.7 Å². The second-order valence-corrected chi connectivity index (χ2v) is 6.12. The fourth-order valence-electron chi connectivity index (χ4n) is 2.23. The Labute approximate surface area is 150 Å². The third-order valence-corrected chi connectivity index (χ3v) is 4.07. The second kappa shape index (κ2) is 9.12. The molecule has 0 fully saturated rings. The predicted octanol–water partition coefficient (Wildman–Crippen LogP) is 2.25. The number of aliphatic imine (C=N–C) groups is 1. The topological polar surface area (TPSA) is 92.6 Å². The molecule has 2 aromatic rings. The Morgan fingerprint density at radius 3 is 2.64 bits per heavy atom. The van der Waals surface area contributed by atoms with E-state index in [-0.39, 0.29) is 11.6 Å². The van der Waals surface area contributed by atoms with Crippen LogP contribution in [0.1, 0.15) is 27.4 Å². The number of carbonyl (C=O) groups excluding carboxylic acids is 1. The molecule has 0 unspecified atom stereocenters. The molecular weight excluding hydrogens is 343 g/mol. The summed E-state index contributed by atoms with van der Waals surface area (Å²) >= 11 is 1.64. The minimum absolute atomic E-state index is 0.118. The van der Waals surface area contributed by atoms with E-state index in [2.05, 4.69) is 15.6 Å². The standard InChI is InChI=1S/C17H21FN4O2S/c1-20-17(22-9-14-5-6-15(24-14)16(19)23)21-8-11-3-4-13(18)7-12(11)10-25-2/h3-7H,8-10H2,1-2H3,(H2,19,23)(H2,20,21,22). The van der Waals surface area contributed by atoms with Crippen LogP contribution in [0, 0.1) is 5.82 Å². The van der Waals surface area contributed by atoms with Gasteiger partial charge in [-0.05, 0) is 41.6 Å². The smallest absolute Gasteiger partial charge is 0.284 e. The molecule has 2 rings (SSSR count). The molecule has 0 aliphatic carbocycles. The zero-order chi connectivity index (χ0) is 18.2. The minimum Gasteiger partial charge on any atom is -0.454 e. The summed E-state index contributed by atoms with van der Waals surface area (Å²) < 4.78 is 18.7. The zero-order valence-corrected chi connectivity index (χ0v) is 15.0. The van der Waals surface area contributed by atoms with Crippen LogP contribution in [0.25, 0.3) is 0 Å². The molecule has 0 saturated carbocycles. The molecule has 1 amide bonds. The highest BCUT2D eigenvalue weighted by Gasteiger charge is 2.08. The van der Waals surface area contributed by atoms with Crippen molar-refractivity contribution in [1.29, 1.82) is 0 Å². The maximum absolute atomic E-state index is 13.4. The molecule has 0 aliphatic heterocycles. The van der Waals surface area contributed by atoms with E-state index >= 15 is 0 Å². The fourth-order valence-corrected chi connectivity index (χ4v) is 2.81. The zero-order valence-electron chi connectivity index (χ0n) is 14.1. The van der Waals surface area contributed by atoms with E-state index in [9.17, 15) is 9.18 Å². The number of halogens is 1. The van der Waals surface area contributed by atoms with Crippen molar-refractivity contribution in [1.82, 2.24) is 10.6 Å². The van der Waals surface area contributed by atoms with Gasteiger partial charge in [0.2, 0.25) is 0 Å². The third-order valence-electron chi connectivity index (χ3n) is 3.47. The van der Waals surface area contributed by atoms with Crippen LogP contribution in [-0.2, 0) is 18.8 Å². The summed E-state index contributed by atoms with van der Waals surface area (Å²) in [6.07, 6.45) is 1.98. The first-order valence-electron chi connectivity index (χ1n) is 7.62. The van der Waals surface area contributed by atoms with Gasteiger partial charge >= 0.3 is 0 Å². The highest BCUT2D eigenvalue weighted by molar-refractivity contribution is 7.97. The quantitative estimate of drug-likeness (QED) is 0.518. The van der Waals surface area contributed by atoms with E-state index < -0.39 is 5.91 Å². The maximum Gasteiger partial charge on any atom is 0.284 e. The average molecular weight is 364 g/mol. The number of benzene rings is 1. The molecule has 0 bridgehead atoms. The Bertz CT molecular complexity index is 761. The number of hydrogen-bond acceptors (Lipinski definition) is 4. The molecule has 1 aromatic heterocycles. The molecule has 0 aliphatic rings. The molecule has 0 radical (unpaired) electrons. The third kappa shape index (κ3) is 5.53. The molecule has 0 atom stereocenters. The molecule has 8 heteroatoms. The largest absolute Gasteiger partial charge is 0.454 e. The van der Waals surface area contributed by atoms with Gasteiger partial charge in [0, 0.05) is 19.3 Å². The fraction of sp³-hybridized carbons (Fsp3) is 0.294. The van der Waals surface area contributed by atoms with Crippen molar-refractivity contribution >= 4 is 23.6 Å². The molecular formula is C17H21FN4O2S. The number of rotatable bonds is 7. The molecule has 134 valence electrons. The van der Waals surface area contributed by atoms with Gasteiger partial charge in [-0.25, -0.2) is 4.39 Å². The number of hydrogen-bond donors (Lipinski definition) is 3. The van der Waals surface area contributed by atoms with Gasteiger partial charge in [-0.15, -0.1) is 0 Å². The molecule has 4 N–H and O–H groups in total. The highest BCUT2D eigenvalue weighted by Crippen LogP contribution is 2.16. The van der Waals surface area contributed by atoms with Gasteiger partial charge in [-0.3, -0.25) is 9.79 Å². The van der Waals surface area contributed by atoms with Crippen LogP contribution < -0.4 is 16.4 Å². The molecule has 6 nitrogen and oxygen atoms in total. The molecule has 0 spiro atoms. The lowest BCUT2D eigenvalue weighted by atomic mass is 10.1. The summed E-state index contributed by atoms with van der Waals surface area (Å²) in [4.78, 5) is 15.2. The summed E-state index contributed by atoms with van der Waals surface area (Å²) in [6.45, 7) is 0.870. The lowest BCUT2D eigenvalue weighted by Gasteiger charge is -2.13. The van der Waals surface area contributed by atoms with Gasteiger partial charge in [-0.2, -0.15) is 11.8 Å². The molecule has 0 saturated heterocycles. The Morgan fingerprint density at radius 2 is 2.00 bits per heavy atom. The number of nitrogens with one attached hydrogen (secondary N) is 2. The van der Waals surface area contributed by atoms with Crippen LogP contribution in [0.15, 0.2) is 39.7 Å². The Kier molecular flexibility index (Phi) is 6.88. The first-order chi connectivity index (χ1) is 12.0. The van der Waals surface area contributed by atoms with E-state index in [1.165, 1.54) is 12.1 Å². The molecule has 25 heavy (non-hydrogen) atoms. The molecule has 1 heterocycles. The number of furan rings is 1. The number of thioether (sulfide) groups is 1. The monoisotopic (exact) mass is 364 g/mol. The van der Waals surface area contributed by atoms with E-state index in [0.717, 1.165) is 16.9 Å². The first kappa shape index (κ1) is 18.9. The summed E-state index contributed by atoms with van der Waals surface area (Å²) in [5.74, 6) is 1.15. The van der Waals surface area contributed by atoms with E-state index in [0.29, 0.717) is 24.8 Å². The average Bonchev–Trinajstić information content (AvgIpc) is 3.06. The van der Waals surface area contributed by atoms with Crippen molar-refractivity contribution in [3.63, 3.8) is 0 Å². The normalized spacial score (nSPS) is 11.4. The van der Waals surface area contributed by atoms with Crippen LogP contribution in [0.2, 0.25) is 0 Å². The van der Waals surface area contributed by atoms with Crippen molar-refractivity contribution in [3.8, 4) is 0 Å². The van der Waals surface area contributed by atoms with Gasteiger partial charge in [0.25, 0.3) is 5.91 Å². The summed E-state index contributed by atoms with van der Waals surface area (Å²) in [6, 6.07) is 7.98. The maximum atomic E-state index is 13.4. The second-order valence-electron chi connectivity index (χ2n) is 5.26. The van der Waals surface area contributed by atoms with Gasteiger partial charge in [-0.1, -0.05) is 6.07 Å². The SMILES string of the molecule is CN=C(NCc1ccc(C(N)=O)o1)NCc1ccc(F)cc1CSC. The van der Waals surface area contributed by atoms with Crippen LogP contribution in [0.3, 0.4) is 0 Å². The number of nitrogens with zero attached hydrogens (tertiary/aromatic N) is 1. The number of carbonyl (C=O) groups is 1. The Morgan fingerprint density at radius 1 is 1.24 bits per heavy atom. The van der Waals surface area contributed by atoms with Crippen molar-refractivity contribution in [3.05, 3.63) is 58.8 Å². The highest BCUT2D eigenvalue weighted by atomic mass is 32.2. The minimum atomic E-state index is -0.605.